The average molecular weight is 282 g/mol. The van der Waals surface area contributed by atoms with Crippen molar-refractivity contribution in [3.05, 3.63) is 12.7 Å². The molecule has 0 bridgehead atoms. The molecule has 114 valence electrons. The lowest BCUT2D eigenvalue weighted by Crippen LogP contribution is -2.48. The van der Waals surface area contributed by atoms with Crippen LogP contribution in [0.3, 0.4) is 0 Å². The van der Waals surface area contributed by atoms with Crippen LogP contribution in [0.2, 0.25) is 0 Å². The van der Waals surface area contributed by atoms with Gasteiger partial charge in [-0.1, -0.05) is 19.9 Å². The third kappa shape index (κ3) is 4.34. The number of nitrogens with zero attached hydrogens (tertiary/aromatic N) is 2. The summed E-state index contributed by atoms with van der Waals surface area (Å²) in [5.74, 6) is -0.0661. The second-order valence-corrected chi connectivity index (χ2v) is 5.57. The van der Waals surface area contributed by atoms with E-state index in [9.17, 15) is 9.59 Å². The number of piperidine rings is 1. The van der Waals surface area contributed by atoms with Crippen molar-refractivity contribution in [3.8, 4) is 0 Å². The molecular weight excluding hydrogens is 256 g/mol. The maximum absolute atomic E-state index is 12.4. The lowest BCUT2D eigenvalue weighted by atomic mass is 9.95. The molecule has 1 unspecified atom stereocenters. The van der Waals surface area contributed by atoms with Gasteiger partial charge in [-0.3, -0.25) is 9.59 Å². The number of aliphatic hydroxyl groups is 1. The van der Waals surface area contributed by atoms with E-state index >= 15 is 0 Å². The Morgan fingerprint density at radius 1 is 1.50 bits per heavy atom. The minimum Gasteiger partial charge on any atom is -0.395 e. The van der Waals surface area contributed by atoms with E-state index in [0.717, 1.165) is 19.4 Å². The number of carbonyl (C=O) groups excluding carboxylic acids is 2. The molecule has 0 aromatic heterocycles. The SMILES string of the molecule is C=CCN(CCO)C(=O)C1CCCN(C(=O)C(C)C)C1. The molecule has 5 nitrogen and oxygen atoms in total. The van der Waals surface area contributed by atoms with Gasteiger partial charge >= 0.3 is 0 Å². The molecule has 0 aromatic carbocycles. The fourth-order valence-electron chi connectivity index (χ4n) is 2.57. The molecule has 20 heavy (non-hydrogen) atoms. The van der Waals surface area contributed by atoms with Crippen molar-refractivity contribution in [2.75, 3.05) is 32.8 Å². The minimum absolute atomic E-state index is 0.0141. The Bertz CT molecular complexity index is 355. The molecule has 1 saturated heterocycles. The molecule has 1 rings (SSSR count). The second-order valence-electron chi connectivity index (χ2n) is 5.57. The van der Waals surface area contributed by atoms with E-state index in [1.807, 2.05) is 13.8 Å². The van der Waals surface area contributed by atoms with Gasteiger partial charge in [0.25, 0.3) is 0 Å². The van der Waals surface area contributed by atoms with Crippen LogP contribution in [0.4, 0.5) is 0 Å². The maximum Gasteiger partial charge on any atom is 0.227 e. The predicted octanol–water partition coefficient (Wildman–Crippen LogP) is 0.888. The Labute approximate surface area is 121 Å². The number of likely N-dealkylation sites (tertiary alicyclic amines) is 1. The van der Waals surface area contributed by atoms with Gasteiger partial charge in [-0.05, 0) is 12.8 Å². The lowest BCUT2D eigenvalue weighted by molar-refractivity contribution is -0.142. The van der Waals surface area contributed by atoms with E-state index in [2.05, 4.69) is 6.58 Å². The van der Waals surface area contributed by atoms with Gasteiger partial charge in [-0.25, -0.2) is 0 Å². The van der Waals surface area contributed by atoms with Crippen molar-refractivity contribution in [1.29, 1.82) is 0 Å². The van der Waals surface area contributed by atoms with Gasteiger partial charge in [-0.15, -0.1) is 6.58 Å². The smallest absolute Gasteiger partial charge is 0.227 e. The molecule has 1 atom stereocenters. The summed E-state index contributed by atoms with van der Waals surface area (Å²) >= 11 is 0. The van der Waals surface area contributed by atoms with Crippen LogP contribution < -0.4 is 0 Å². The minimum atomic E-state index is -0.155. The normalized spacial score (nSPS) is 19.0. The van der Waals surface area contributed by atoms with Crippen molar-refractivity contribution in [1.82, 2.24) is 9.80 Å². The molecule has 5 heteroatoms. The fourth-order valence-corrected chi connectivity index (χ4v) is 2.57. The topological polar surface area (TPSA) is 60.9 Å². The maximum atomic E-state index is 12.4. The van der Waals surface area contributed by atoms with Gasteiger partial charge in [0.2, 0.25) is 11.8 Å². The van der Waals surface area contributed by atoms with Crippen molar-refractivity contribution in [2.24, 2.45) is 11.8 Å². The summed E-state index contributed by atoms with van der Waals surface area (Å²) < 4.78 is 0. The quantitative estimate of drug-likeness (QED) is 0.736. The molecule has 0 aliphatic carbocycles. The Kier molecular flexibility index (Phi) is 6.71. The first kappa shape index (κ1) is 16.7. The van der Waals surface area contributed by atoms with Gasteiger partial charge in [0.1, 0.15) is 0 Å². The monoisotopic (exact) mass is 282 g/mol. The highest BCUT2D eigenvalue weighted by atomic mass is 16.3. The predicted molar refractivity (Wildman–Crippen MR) is 78.0 cm³/mol. The molecule has 0 aromatic rings. The third-order valence-electron chi connectivity index (χ3n) is 3.61. The first-order valence-electron chi connectivity index (χ1n) is 7.30. The first-order valence-corrected chi connectivity index (χ1v) is 7.30. The van der Waals surface area contributed by atoms with E-state index in [-0.39, 0.29) is 30.3 Å². The molecule has 1 N–H and O–H groups in total. The molecule has 0 radical (unpaired) electrons. The second kappa shape index (κ2) is 8.04. The molecule has 1 aliphatic heterocycles. The van der Waals surface area contributed by atoms with Crippen LogP contribution in [0, 0.1) is 11.8 Å². The van der Waals surface area contributed by atoms with Crippen LogP contribution in [0.1, 0.15) is 26.7 Å². The standard InChI is InChI=1S/C15H26N2O3/c1-4-7-16(9-10-18)15(20)13-6-5-8-17(11-13)14(19)12(2)3/h4,12-13,18H,1,5-11H2,2-3H3. The lowest BCUT2D eigenvalue weighted by Gasteiger charge is -2.35. The molecule has 0 spiro atoms. The number of amides is 2. The largest absolute Gasteiger partial charge is 0.395 e. The van der Waals surface area contributed by atoms with Crippen LogP contribution in [0.25, 0.3) is 0 Å². The first-order chi connectivity index (χ1) is 9.51. The zero-order valence-electron chi connectivity index (χ0n) is 12.5. The number of carbonyl (C=O) groups is 2. The molecule has 1 aliphatic rings. The van der Waals surface area contributed by atoms with Crippen LogP contribution in [-0.2, 0) is 9.59 Å². The van der Waals surface area contributed by atoms with Gasteiger partial charge in [0.05, 0.1) is 12.5 Å². The number of rotatable bonds is 6. The van der Waals surface area contributed by atoms with Crippen molar-refractivity contribution in [3.63, 3.8) is 0 Å². The van der Waals surface area contributed by atoms with E-state index in [1.54, 1.807) is 15.9 Å². The number of hydrogen-bond acceptors (Lipinski definition) is 3. The van der Waals surface area contributed by atoms with Gasteiger partial charge in [-0.2, -0.15) is 0 Å². The zero-order chi connectivity index (χ0) is 15.1. The highest BCUT2D eigenvalue weighted by Gasteiger charge is 2.31. The third-order valence-corrected chi connectivity index (χ3v) is 3.61. The molecule has 2 amide bonds. The van der Waals surface area contributed by atoms with E-state index in [4.69, 9.17) is 5.11 Å². The van der Waals surface area contributed by atoms with Crippen LogP contribution >= 0.6 is 0 Å². The van der Waals surface area contributed by atoms with Crippen molar-refractivity contribution >= 4 is 11.8 Å². The van der Waals surface area contributed by atoms with Crippen LogP contribution in [0.5, 0.6) is 0 Å². The van der Waals surface area contributed by atoms with Crippen LogP contribution in [-0.4, -0.2) is 59.5 Å². The number of aliphatic hydroxyl groups excluding tert-OH is 1. The van der Waals surface area contributed by atoms with Crippen molar-refractivity contribution in [2.45, 2.75) is 26.7 Å². The van der Waals surface area contributed by atoms with Gasteiger partial charge in [0.15, 0.2) is 0 Å². The van der Waals surface area contributed by atoms with Gasteiger partial charge < -0.3 is 14.9 Å². The fraction of sp³-hybridized carbons (Fsp3) is 0.733. The summed E-state index contributed by atoms with van der Waals surface area (Å²) in [4.78, 5) is 27.9. The highest BCUT2D eigenvalue weighted by molar-refractivity contribution is 5.82. The summed E-state index contributed by atoms with van der Waals surface area (Å²) in [6.45, 7) is 9.33. The summed E-state index contributed by atoms with van der Waals surface area (Å²) in [7, 11) is 0. The Morgan fingerprint density at radius 2 is 2.20 bits per heavy atom. The Hall–Kier alpha value is -1.36. The summed E-state index contributed by atoms with van der Waals surface area (Å²) in [6.07, 6.45) is 3.32. The molecule has 1 heterocycles. The summed E-state index contributed by atoms with van der Waals surface area (Å²) in [6, 6.07) is 0. The molecule has 0 saturated carbocycles. The van der Waals surface area contributed by atoms with Crippen molar-refractivity contribution < 1.29 is 14.7 Å². The van der Waals surface area contributed by atoms with Crippen LogP contribution in [0.15, 0.2) is 12.7 Å². The van der Waals surface area contributed by atoms with E-state index in [1.165, 1.54) is 0 Å². The summed E-state index contributed by atoms with van der Waals surface area (Å²) in [5.41, 5.74) is 0. The Morgan fingerprint density at radius 3 is 2.75 bits per heavy atom. The highest BCUT2D eigenvalue weighted by Crippen LogP contribution is 2.20. The Balaban J connectivity index is 2.67. The average Bonchev–Trinajstić information content (AvgIpc) is 2.45. The van der Waals surface area contributed by atoms with Gasteiger partial charge in [0, 0.05) is 32.1 Å². The summed E-state index contributed by atoms with van der Waals surface area (Å²) in [5, 5.41) is 9.03. The number of hydrogen-bond donors (Lipinski definition) is 1. The zero-order valence-corrected chi connectivity index (χ0v) is 12.5. The molecular formula is C15H26N2O3. The van der Waals surface area contributed by atoms with E-state index < -0.39 is 0 Å². The van der Waals surface area contributed by atoms with E-state index in [0.29, 0.717) is 19.6 Å². The molecule has 1 fully saturated rings.